The van der Waals surface area contributed by atoms with Crippen molar-refractivity contribution in [3.63, 3.8) is 0 Å². The Morgan fingerprint density at radius 1 is 1.04 bits per heavy atom. The Labute approximate surface area is 174 Å². The van der Waals surface area contributed by atoms with Crippen molar-refractivity contribution in [2.75, 3.05) is 6.54 Å². The molecule has 0 N–H and O–H groups in total. The molecule has 0 radical (unpaired) electrons. The molecule has 1 heterocycles. The fraction of sp³-hybridized carbons (Fsp3) is 0.360. The van der Waals surface area contributed by atoms with E-state index in [1.54, 1.807) is 0 Å². The number of hydrogen-bond acceptors (Lipinski definition) is 2. The minimum Gasteiger partial charge on any atom is -0.488 e. The summed E-state index contributed by atoms with van der Waals surface area (Å²) in [6.45, 7) is 9.39. The van der Waals surface area contributed by atoms with Gasteiger partial charge >= 0.3 is 0 Å². The first kappa shape index (κ1) is 20.5. The molecule has 3 rings (SSSR count). The standard InChI is InChI=1S/C25H30ClNO/c1-19(27-16-14-23(15-17-27)28-25(2,3)4)24(21-8-6-5-7-9-21)18-20-10-12-22(26)13-11-20/h5-16,19,24H,17-18H2,1-4H3. The number of nitrogens with zero attached hydrogens (tertiary/aromatic N) is 1. The zero-order valence-electron chi connectivity index (χ0n) is 17.2. The van der Waals surface area contributed by atoms with Crippen molar-refractivity contribution in [3.8, 4) is 0 Å². The second kappa shape index (κ2) is 8.87. The maximum Gasteiger partial charge on any atom is 0.119 e. The summed E-state index contributed by atoms with van der Waals surface area (Å²) in [5, 5.41) is 0.781. The van der Waals surface area contributed by atoms with Gasteiger partial charge in [0.1, 0.15) is 11.4 Å². The zero-order chi connectivity index (χ0) is 20.1. The van der Waals surface area contributed by atoms with Crippen molar-refractivity contribution in [1.82, 2.24) is 4.90 Å². The van der Waals surface area contributed by atoms with Gasteiger partial charge in [-0.1, -0.05) is 54.1 Å². The van der Waals surface area contributed by atoms with E-state index in [1.807, 2.05) is 12.1 Å². The molecule has 2 atom stereocenters. The summed E-state index contributed by atoms with van der Waals surface area (Å²) in [4.78, 5) is 2.39. The second-order valence-corrected chi connectivity index (χ2v) is 8.86. The van der Waals surface area contributed by atoms with E-state index >= 15 is 0 Å². The number of benzene rings is 2. The van der Waals surface area contributed by atoms with Crippen molar-refractivity contribution >= 4 is 11.6 Å². The van der Waals surface area contributed by atoms with Gasteiger partial charge in [-0.2, -0.15) is 0 Å². The van der Waals surface area contributed by atoms with E-state index in [1.165, 1.54) is 11.1 Å². The van der Waals surface area contributed by atoms with Crippen LogP contribution in [0.2, 0.25) is 5.02 Å². The first-order valence-electron chi connectivity index (χ1n) is 9.94. The Hall–Kier alpha value is -2.19. The van der Waals surface area contributed by atoms with E-state index in [4.69, 9.17) is 16.3 Å². The SMILES string of the molecule is CC(C(Cc1ccc(Cl)cc1)c1ccccc1)N1C=CC(OC(C)(C)C)=CC1. The van der Waals surface area contributed by atoms with Crippen LogP contribution in [0.4, 0.5) is 0 Å². The van der Waals surface area contributed by atoms with Crippen molar-refractivity contribution < 1.29 is 4.74 Å². The largest absolute Gasteiger partial charge is 0.488 e. The van der Waals surface area contributed by atoms with E-state index < -0.39 is 0 Å². The van der Waals surface area contributed by atoms with Gasteiger partial charge in [0.2, 0.25) is 0 Å². The molecule has 0 bridgehead atoms. The molecule has 0 aromatic heterocycles. The van der Waals surface area contributed by atoms with Gasteiger partial charge < -0.3 is 9.64 Å². The Balaban J connectivity index is 1.77. The molecular weight excluding hydrogens is 366 g/mol. The molecule has 28 heavy (non-hydrogen) atoms. The number of rotatable bonds is 6. The predicted octanol–water partition coefficient (Wildman–Crippen LogP) is 6.58. The van der Waals surface area contributed by atoms with Gasteiger partial charge in [-0.3, -0.25) is 0 Å². The molecule has 2 unspecified atom stereocenters. The third kappa shape index (κ3) is 5.65. The lowest BCUT2D eigenvalue weighted by molar-refractivity contribution is 0.0571. The van der Waals surface area contributed by atoms with Crippen molar-refractivity contribution in [2.24, 2.45) is 0 Å². The van der Waals surface area contributed by atoms with Crippen molar-refractivity contribution in [1.29, 1.82) is 0 Å². The number of allylic oxidation sites excluding steroid dienone is 1. The summed E-state index contributed by atoms with van der Waals surface area (Å²) in [7, 11) is 0. The van der Waals surface area contributed by atoms with Gasteiger partial charge in [0, 0.05) is 29.7 Å². The van der Waals surface area contributed by atoms with Crippen molar-refractivity contribution in [3.05, 3.63) is 94.9 Å². The molecule has 0 aliphatic carbocycles. The lowest BCUT2D eigenvalue weighted by Gasteiger charge is -2.36. The molecule has 2 aromatic rings. The first-order valence-corrected chi connectivity index (χ1v) is 10.3. The van der Waals surface area contributed by atoms with E-state index in [-0.39, 0.29) is 5.60 Å². The molecular formula is C25H30ClNO. The van der Waals surface area contributed by atoms with Gasteiger partial charge in [-0.15, -0.1) is 0 Å². The first-order chi connectivity index (χ1) is 13.3. The highest BCUT2D eigenvalue weighted by atomic mass is 35.5. The Morgan fingerprint density at radius 2 is 1.71 bits per heavy atom. The lowest BCUT2D eigenvalue weighted by Crippen LogP contribution is -2.36. The third-order valence-electron chi connectivity index (χ3n) is 5.06. The van der Waals surface area contributed by atoms with Crippen molar-refractivity contribution in [2.45, 2.75) is 51.7 Å². The van der Waals surface area contributed by atoms with E-state index in [0.717, 1.165) is 23.7 Å². The Morgan fingerprint density at radius 3 is 2.29 bits per heavy atom. The second-order valence-electron chi connectivity index (χ2n) is 8.42. The van der Waals surface area contributed by atoms with Gasteiger partial charge in [0.15, 0.2) is 0 Å². The van der Waals surface area contributed by atoms with Gasteiger partial charge in [-0.05, 0) is 69.5 Å². The van der Waals surface area contributed by atoms with Crippen LogP contribution in [0.5, 0.6) is 0 Å². The monoisotopic (exact) mass is 395 g/mol. The number of halogens is 1. The molecule has 148 valence electrons. The Kier molecular flexibility index (Phi) is 6.51. The normalized spacial score (nSPS) is 16.5. The Bertz CT molecular complexity index is 818. The third-order valence-corrected chi connectivity index (χ3v) is 5.31. The molecule has 0 spiro atoms. The smallest absolute Gasteiger partial charge is 0.119 e. The predicted molar refractivity (Wildman–Crippen MR) is 119 cm³/mol. The number of hydrogen-bond donors (Lipinski definition) is 0. The van der Waals surface area contributed by atoms with E-state index in [9.17, 15) is 0 Å². The summed E-state index contributed by atoms with van der Waals surface area (Å²) < 4.78 is 5.99. The highest BCUT2D eigenvalue weighted by molar-refractivity contribution is 6.30. The van der Waals surface area contributed by atoms with Crippen LogP contribution in [-0.2, 0) is 11.2 Å². The fourth-order valence-corrected chi connectivity index (χ4v) is 3.72. The molecule has 0 saturated heterocycles. The van der Waals surface area contributed by atoms with Gasteiger partial charge in [0.25, 0.3) is 0 Å². The average molecular weight is 396 g/mol. The molecule has 1 aliphatic heterocycles. The van der Waals surface area contributed by atoms with Crippen LogP contribution in [0.3, 0.4) is 0 Å². The van der Waals surface area contributed by atoms with Crippen LogP contribution < -0.4 is 0 Å². The fourth-order valence-electron chi connectivity index (χ4n) is 3.60. The molecule has 0 saturated carbocycles. The minimum absolute atomic E-state index is 0.175. The summed E-state index contributed by atoms with van der Waals surface area (Å²) in [5.41, 5.74) is 2.49. The highest BCUT2D eigenvalue weighted by Crippen LogP contribution is 2.30. The van der Waals surface area contributed by atoms with Crippen LogP contribution in [0.25, 0.3) is 0 Å². The highest BCUT2D eigenvalue weighted by Gasteiger charge is 2.25. The molecule has 0 amide bonds. The summed E-state index contributed by atoms with van der Waals surface area (Å²) in [6.07, 6.45) is 7.40. The van der Waals surface area contributed by atoms with Gasteiger partial charge in [0.05, 0.1) is 0 Å². The maximum absolute atomic E-state index is 6.07. The summed E-state index contributed by atoms with van der Waals surface area (Å²) in [5.74, 6) is 1.33. The van der Waals surface area contributed by atoms with E-state index in [2.05, 4.69) is 93.4 Å². The lowest BCUT2D eigenvalue weighted by atomic mass is 9.85. The van der Waals surface area contributed by atoms with Crippen LogP contribution in [0, 0.1) is 0 Å². The topological polar surface area (TPSA) is 12.5 Å². The molecule has 1 aliphatic rings. The number of ether oxygens (including phenoxy) is 1. The minimum atomic E-state index is -0.175. The quantitative estimate of drug-likeness (QED) is 0.547. The average Bonchev–Trinajstić information content (AvgIpc) is 2.67. The summed E-state index contributed by atoms with van der Waals surface area (Å²) in [6, 6.07) is 19.3. The van der Waals surface area contributed by atoms with Crippen LogP contribution in [0.1, 0.15) is 44.7 Å². The molecule has 3 heteroatoms. The maximum atomic E-state index is 6.07. The van der Waals surface area contributed by atoms with Gasteiger partial charge in [-0.25, -0.2) is 0 Å². The molecule has 2 aromatic carbocycles. The van der Waals surface area contributed by atoms with E-state index in [0.29, 0.717) is 12.0 Å². The zero-order valence-corrected chi connectivity index (χ0v) is 18.0. The summed E-state index contributed by atoms with van der Waals surface area (Å²) >= 11 is 6.07. The molecule has 2 nitrogen and oxygen atoms in total. The van der Waals surface area contributed by atoms with Crippen LogP contribution in [0.15, 0.2) is 78.7 Å². The van der Waals surface area contributed by atoms with Crippen LogP contribution >= 0.6 is 11.6 Å². The molecule has 0 fully saturated rings. The van der Waals surface area contributed by atoms with Crippen LogP contribution in [-0.4, -0.2) is 23.1 Å².